The standard InChI is InChI=1S/C10H8O5S/c11-8-5-9(16(13,14)15)6-3-1-2-4-7(6)10(8)12/h1-4,9H,5H2,(H,13,14,15)/p-1/t9-/m1/s1. The molecule has 0 unspecified atom stereocenters. The summed E-state index contributed by atoms with van der Waals surface area (Å²) in [6, 6.07) is 5.79. The molecule has 16 heavy (non-hydrogen) atoms. The summed E-state index contributed by atoms with van der Waals surface area (Å²) in [5.74, 6) is -1.56. The average molecular weight is 239 g/mol. The van der Waals surface area contributed by atoms with Crippen molar-refractivity contribution < 1.29 is 22.6 Å². The van der Waals surface area contributed by atoms with E-state index in [-0.39, 0.29) is 11.1 Å². The minimum atomic E-state index is -4.62. The molecule has 0 aliphatic heterocycles. The van der Waals surface area contributed by atoms with Crippen LogP contribution in [0.2, 0.25) is 0 Å². The van der Waals surface area contributed by atoms with Crippen molar-refractivity contribution in [3.05, 3.63) is 35.4 Å². The highest BCUT2D eigenvalue weighted by Gasteiger charge is 2.35. The van der Waals surface area contributed by atoms with Crippen molar-refractivity contribution in [3.8, 4) is 0 Å². The molecule has 0 saturated heterocycles. The lowest BCUT2D eigenvalue weighted by molar-refractivity contribution is -0.115. The van der Waals surface area contributed by atoms with E-state index < -0.39 is 33.4 Å². The maximum atomic E-state index is 11.4. The summed E-state index contributed by atoms with van der Waals surface area (Å²) in [6.45, 7) is 0. The Hall–Kier alpha value is -1.53. The van der Waals surface area contributed by atoms with Crippen LogP contribution in [0.15, 0.2) is 24.3 Å². The second-order valence-corrected chi connectivity index (χ2v) is 5.08. The molecule has 5 nitrogen and oxygen atoms in total. The van der Waals surface area contributed by atoms with Gasteiger partial charge in [0.2, 0.25) is 11.6 Å². The van der Waals surface area contributed by atoms with Crippen molar-refractivity contribution >= 4 is 21.7 Å². The van der Waals surface area contributed by atoms with Gasteiger partial charge < -0.3 is 4.55 Å². The molecule has 84 valence electrons. The quantitative estimate of drug-likeness (QED) is 0.523. The maximum absolute atomic E-state index is 11.4. The highest BCUT2D eigenvalue weighted by atomic mass is 32.2. The molecule has 0 aromatic heterocycles. The van der Waals surface area contributed by atoms with E-state index in [1.807, 2.05) is 0 Å². The monoisotopic (exact) mass is 239 g/mol. The van der Waals surface area contributed by atoms with Gasteiger partial charge in [-0.2, -0.15) is 0 Å². The number of hydrogen-bond acceptors (Lipinski definition) is 5. The lowest BCUT2D eigenvalue weighted by atomic mass is 9.89. The fraction of sp³-hybridized carbons (Fsp3) is 0.200. The van der Waals surface area contributed by atoms with E-state index in [1.165, 1.54) is 24.3 Å². The third-order valence-electron chi connectivity index (χ3n) is 2.52. The lowest BCUT2D eigenvalue weighted by Crippen LogP contribution is -2.29. The lowest BCUT2D eigenvalue weighted by Gasteiger charge is -2.25. The minimum Gasteiger partial charge on any atom is -0.747 e. The first-order chi connectivity index (χ1) is 7.41. The van der Waals surface area contributed by atoms with Crippen LogP contribution in [0.4, 0.5) is 0 Å². The smallest absolute Gasteiger partial charge is 0.228 e. The highest BCUT2D eigenvalue weighted by Crippen LogP contribution is 2.33. The number of Topliss-reactive ketones (excluding diaryl/α,β-unsaturated/α-hetero) is 2. The van der Waals surface area contributed by atoms with Crippen molar-refractivity contribution in [2.75, 3.05) is 0 Å². The summed E-state index contributed by atoms with van der Waals surface area (Å²) in [5.41, 5.74) is 0.144. The van der Waals surface area contributed by atoms with Gasteiger partial charge in [0.25, 0.3) is 0 Å². The normalized spacial score (nSPS) is 20.7. The van der Waals surface area contributed by atoms with E-state index in [9.17, 15) is 22.6 Å². The summed E-state index contributed by atoms with van der Waals surface area (Å²) in [4.78, 5) is 22.7. The van der Waals surface area contributed by atoms with E-state index >= 15 is 0 Å². The zero-order valence-electron chi connectivity index (χ0n) is 8.04. The van der Waals surface area contributed by atoms with E-state index in [0.717, 1.165) is 0 Å². The number of carbonyl (C=O) groups is 2. The maximum Gasteiger partial charge on any atom is 0.228 e. The van der Waals surface area contributed by atoms with Gasteiger partial charge in [0.15, 0.2) is 0 Å². The van der Waals surface area contributed by atoms with Crippen molar-refractivity contribution in [2.24, 2.45) is 0 Å². The van der Waals surface area contributed by atoms with Crippen LogP contribution in [0.25, 0.3) is 0 Å². The van der Waals surface area contributed by atoms with Crippen LogP contribution in [0.3, 0.4) is 0 Å². The van der Waals surface area contributed by atoms with E-state index in [0.29, 0.717) is 0 Å². The van der Waals surface area contributed by atoms with Gasteiger partial charge in [0, 0.05) is 12.0 Å². The summed E-state index contributed by atoms with van der Waals surface area (Å²) in [6.07, 6.45) is -0.554. The van der Waals surface area contributed by atoms with Crippen LogP contribution in [0.1, 0.15) is 27.6 Å². The molecule has 0 fully saturated rings. The van der Waals surface area contributed by atoms with Crippen molar-refractivity contribution in [2.45, 2.75) is 11.7 Å². The molecule has 0 amide bonds. The number of carbonyl (C=O) groups excluding carboxylic acids is 2. The molecule has 0 bridgehead atoms. The molecule has 1 atom stereocenters. The molecule has 1 aliphatic carbocycles. The Morgan fingerprint density at radius 1 is 1.19 bits per heavy atom. The fourth-order valence-corrected chi connectivity index (χ4v) is 2.64. The summed E-state index contributed by atoms with van der Waals surface area (Å²) in [5, 5.41) is -1.44. The Balaban J connectivity index is 2.67. The number of fused-ring (bicyclic) bond motifs is 1. The summed E-state index contributed by atoms with van der Waals surface area (Å²) in [7, 11) is -4.62. The summed E-state index contributed by atoms with van der Waals surface area (Å²) < 4.78 is 32.9. The third kappa shape index (κ3) is 1.66. The molecular weight excluding hydrogens is 232 g/mol. The van der Waals surface area contributed by atoms with Crippen LogP contribution >= 0.6 is 0 Å². The van der Waals surface area contributed by atoms with Crippen LogP contribution in [-0.2, 0) is 14.9 Å². The molecular formula is C10H7O5S-. The van der Waals surface area contributed by atoms with Crippen LogP contribution in [-0.4, -0.2) is 24.5 Å². The predicted octanol–water partition coefficient (Wildman–Crippen LogP) is 0.428. The summed E-state index contributed by atoms with van der Waals surface area (Å²) >= 11 is 0. The second kappa shape index (κ2) is 3.50. The van der Waals surface area contributed by atoms with Gasteiger partial charge in [-0.15, -0.1) is 0 Å². The zero-order chi connectivity index (χ0) is 11.9. The van der Waals surface area contributed by atoms with Crippen molar-refractivity contribution in [3.63, 3.8) is 0 Å². The van der Waals surface area contributed by atoms with E-state index in [1.54, 1.807) is 0 Å². The first-order valence-corrected chi connectivity index (χ1v) is 5.99. The molecule has 1 aromatic carbocycles. The number of hydrogen-bond donors (Lipinski definition) is 0. The van der Waals surface area contributed by atoms with Crippen LogP contribution < -0.4 is 0 Å². The third-order valence-corrected chi connectivity index (χ3v) is 3.64. The Morgan fingerprint density at radius 3 is 2.44 bits per heavy atom. The molecule has 1 aliphatic rings. The van der Waals surface area contributed by atoms with Gasteiger partial charge in [0.1, 0.15) is 10.1 Å². The molecule has 0 radical (unpaired) electrons. The topological polar surface area (TPSA) is 91.3 Å². The Kier molecular flexibility index (Phi) is 2.40. The zero-order valence-corrected chi connectivity index (χ0v) is 8.86. The molecule has 0 heterocycles. The number of benzene rings is 1. The van der Waals surface area contributed by atoms with Crippen LogP contribution in [0.5, 0.6) is 0 Å². The molecule has 0 N–H and O–H groups in total. The predicted molar refractivity (Wildman–Crippen MR) is 52.8 cm³/mol. The van der Waals surface area contributed by atoms with E-state index in [2.05, 4.69) is 0 Å². The van der Waals surface area contributed by atoms with E-state index in [4.69, 9.17) is 0 Å². The Labute approximate surface area is 91.8 Å². The van der Waals surface area contributed by atoms with Gasteiger partial charge in [-0.05, 0) is 5.56 Å². The SMILES string of the molecule is O=C1C[C@@H](S(=O)(=O)[O-])c2ccccc2C1=O. The van der Waals surface area contributed by atoms with Gasteiger partial charge in [-0.25, -0.2) is 8.42 Å². The van der Waals surface area contributed by atoms with Crippen molar-refractivity contribution in [1.82, 2.24) is 0 Å². The Bertz CT molecular complexity index is 573. The molecule has 0 spiro atoms. The van der Waals surface area contributed by atoms with Gasteiger partial charge in [-0.1, -0.05) is 24.3 Å². The average Bonchev–Trinajstić information content (AvgIpc) is 2.22. The number of ketones is 2. The molecule has 1 aromatic rings. The number of rotatable bonds is 1. The fourth-order valence-electron chi connectivity index (χ4n) is 1.76. The first kappa shape index (κ1) is 11.0. The second-order valence-electron chi connectivity index (χ2n) is 3.53. The molecule has 6 heteroatoms. The van der Waals surface area contributed by atoms with Gasteiger partial charge >= 0.3 is 0 Å². The van der Waals surface area contributed by atoms with Crippen molar-refractivity contribution in [1.29, 1.82) is 0 Å². The molecule has 0 saturated carbocycles. The van der Waals surface area contributed by atoms with Gasteiger partial charge in [-0.3, -0.25) is 9.59 Å². The largest absolute Gasteiger partial charge is 0.747 e. The highest BCUT2D eigenvalue weighted by molar-refractivity contribution is 7.86. The first-order valence-electron chi connectivity index (χ1n) is 4.52. The Morgan fingerprint density at radius 2 is 1.81 bits per heavy atom. The van der Waals surface area contributed by atoms with Gasteiger partial charge in [0.05, 0.1) is 5.25 Å². The van der Waals surface area contributed by atoms with Crippen LogP contribution in [0, 0.1) is 0 Å². The minimum absolute atomic E-state index is 0.0168. The molecule has 2 rings (SSSR count).